The fourth-order valence-electron chi connectivity index (χ4n) is 4.13. The Morgan fingerprint density at radius 1 is 1.27 bits per heavy atom. The van der Waals surface area contributed by atoms with E-state index in [1.54, 1.807) is 11.3 Å². The molecule has 8 nitrogen and oxygen atoms in total. The van der Waals surface area contributed by atoms with E-state index in [4.69, 9.17) is 0 Å². The summed E-state index contributed by atoms with van der Waals surface area (Å²) in [4.78, 5) is 44.1. The van der Waals surface area contributed by atoms with Crippen LogP contribution in [0.15, 0.2) is 29.8 Å². The predicted octanol–water partition coefficient (Wildman–Crippen LogP) is 2.42. The van der Waals surface area contributed by atoms with Crippen LogP contribution in [0.4, 0.5) is 0 Å². The summed E-state index contributed by atoms with van der Waals surface area (Å²) in [6.07, 6.45) is -0.139. The van der Waals surface area contributed by atoms with Gasteiger partial charge in [0.05, 0.1) is 28.2 Å². The number of carbonyl (C=O) groups excluding carboxylic acids is 3. The van der Waals surface area contributed by atoms with Crippen LogP contribution >= 0.6 is 11.3 Å². The first kappa shape index (κ1) is 24.9. The molecule has 3 amide bonds. The number of aromatic nitrogens is 1. The van der Waals surface area contributed by atoms with E-state index in [2.05, 4.69) is 15.6 Å². The highest BCUT2D eigenvalue weighted by atomic mass is 32.1. The molecule has 9 heteroatoms. The van der Waals surface area contributed by atoms with Crippen molar-refractivity contribution in [3.8, 4) is 10.4 Å². The molecule has 33 heavy (non-hydrogen) atoms. The highest BCUT2D eigenvalue weighted by Gasteiger charge is 2.44. The number of thiazole rings is 1. The third-order valence-corrected chi connectivity index (χ3v) is 6.97. The lowest BCUT2D eigenvalue weighted by Gasteiger charge is -2.34. The topological polar surface area (TPSA) is 112 Å². The Balaban J connectivity index is 1.71. The molecule has 3 rings (SSSR count). The molecule has 0 bridgehead atoms. The van der Waals surface area contributed by atoms with Crippen molar-refractivity contribution in [3.63, 3.8) is 0 Å². The fraction of sp³-hybridized carbons (Fsp3) is 0.500. The van der Waals surface area contributed by atoms with Gasteiger partial charge in [0.25, 0.3) is 0 Å². The number of aliphatic hydroxyl groups is 1. The zero-order valence-electron chi connectivity index (χ0n) is 19.7. The molecule has 1 saturated heterocycles. The Labute approximate surface area is 198 Å². The summed E-state index contributed by atoms with van der Waals surface area (Å²) in [6.45, 7) is 9.43. The minimum Gasteiger partial charge on any atom is -0.391 e. The molecular weight excluding hydrogens is 440 g/mol. The van der Waals surface area contributed by atoms with Gasteiger partial charge in [0, 0.05) is 13.0 Å². The van der Waals surface area contributed by atoms with Crippen LogP contribution in [-0.4, -0.2) is 57.9 Å². The Morgan fingerprint density at radius 3 is 2.48 bits per heavy atom. The summed E-state index contributed by atoms with van der Waals surface area (Å²) >= 11 is 1.59. The zero-order valence-corrected chi connectivity index (χ0v) is 20.5. The summed E-state index contributed by atoms with van der Waals surface area (Å²) < 4.78 is 0. The maximum Gasteiger partial charge on any atom is 0.246 e. The van der Waals surface area contributed by atoms with E-state index in [1.165, 1.54) is 4.90 Å². The number of rotatable bonds is 7. The highest BCUT2D eigenvalue weighted by Crippen LogP contribution is 2.29. The van der Waals surface area contributed by atoms with Crippen molar-refractivity contribution in [2.75, 3.05) is 6.54 Å². The number of carbonyl (C=O) groups is 3. The van der Waals surface area contributed by atoms with E-state index in [-0.39, 0.29) is 30.8 Å². The molecule has 2 heterocycles. The first-order valence-electron chi connectivity index (χ1n) is 11.0. The van der Waals surface area contributed by atoms with Gasteiger partial charge in [0.2, 0.25) is 18.2 Å². The second-order valence-electron chi connectivity index (χ2n) is 9.60. The minimum absolute atomic E-state index is 0.0569. The summed E-state index contributed by atoms with van der Waals surface area (Å²) in [7, 11) is 0. The van der Waals surface area contributed by atoms with E-state index in [0.29, 0.717) is 6.41 Å². The smallest absolute Gasteiger partial charge is 0.246 e. The maximum atomic E-state index is 13.2. The lowest BCUT2D eigenvalue weighted by molar-refractivity contribution is -0.143. The van der Waals surface area contributed by atoms with Crippen molar-refractivity contribution in [1.29, 1.82) is 0 Å². The average molecular weight is 473 g/mol. The number of β-amino-alcohol motifs (C(OH)–C–C–N with tert-alkyl or cyclic N) is 1. The predicted molar refractivity (Wildman–Crippen MR) is 127 cm³/mol. The van der Waals surface area contributed by atoms with Gasteiger partial charge in [0.15, 0.2) is 0 Å². The van der Waals surface area contributed by atoms with Crippen molar-refractivity contribution in [1.82, 2.24) is 20.5 Å². The molecule has 0 saturated carbocycles. The van der Waals surface area contributed by atoms with Crippen LogP contribution in [0.1, 0.15) is 51.4 Å². The Bertz CT molecular complexity index is 999. The number of nitrogens with zero attached hydrogens (tertiary/aromatic N) is 2. The molecule has 2 aromatic rings. The van der Waals surface area contributed by atoms with Gasteiger partial charge < -0.3 is 20.6 Å². The zero-order chi connectivity index (χ0) is 24.3. The van der Waals surface area contributed by atoms with Crippen LogP contribution in [-0.2, 0) is 14.4 Å². The van der Waals surface area contributed by atoms with Crippen LogP contribution in [0.5, 0.6) is 0 Å². The van der Waals surface area contributed by atoms with E-state index in [0.717, 1.165) is 21.7 Å². The largest absolute Gasteiger partial charge is 0.391 e. The third kappa shape index (κ3) is 5.59. The maximum absolute atomic E-state index is 13.2. The normalized spacial score (nSPS) is 20.2. The lowest BCUT2D eigenvalue weighted by Crippen LogP contribution is -2.56. The van der Waals surface area contributed by atoms with Crippen LogP contribution in [0, 0.1) is 12.3 Å². The van der Waals surface area contributed by atoms with Crippen LogP contribution in [0.3, 0.4) is 0 Å². The van der Waals surface area contributed by atoms with Gasteiger partial charge in [-0.3, -0.25) is 14.4 Å². The highest BCUT2D eigenvalue weighted by molar-refractivity contribution is 7.13. The third-order valence-electron chi connectivity index (χ3n) is 5.99. The first-order chi connectivity index (χ1) is 15.5. The fourth-order valence-corrected chi connectivity index (χ4v) is 4.94. The van der Waals surface area contributed by atoms with Gasteiger partial charge in [-0.05, 0) is 30.4 Å². The molecule has 4 atom stereocenters. The number of aliphatic hydroxyl groups excluding tert-OH is 1. The van der Waals surface area contributed by atoms with E-state index in [9.17, 15) is 19.5 Å². The second-order valence-corrected chi connectivity index (χ2v) is 10.5. The standard InChI is InChI=1S/C24H32N4O4S/c1-14(16-6-8-17(9-7-16)20-15(2)26-13-33-20)27-22(31)19-10-18(30)11-28(19)23(32)21(25-12-29)24(3,4)5/h6-9,12-14,18-19,21,30H,10-11H2,1-5H3,(H,25,29)(H,27,31). The quantitative estimate of drug-likeness (QED) is 0.536. The summed E-state index contributed by atoms with van der Waals surface area (Å²) in [5.74, 6) is -0.697. The molecule has 0 spiro atoms. The number of hydrogen-bond acceptors (Lipinski definition) is 6. The van der Waals surface area contributed by atoms with E-state index >= 15 is 0 Å². The molecule has 1 aromatic carbocycles. The van der Waals surface area contributed by atoms with Gasteiger partial charge in [-0.2, -0.15) is 0 Å². The number of nitrogens with one attached hydrogen (secondary N) is 2. The van der Waals surface area contributed by atoms with Gasteiger partial charge in [-0.1, -0.05) is 45.0 Å². The molecule has 1 aromatic heterocycles. The van der Waals surface area contributed by atoms with Crippen LogP contribution in [0.2, 0.25) is 0 Å². The van der Waals surface area contributed by atoms with Gasteiger partial charge in [-0.15, -0.1) is 11.3 Å². The number of benzene rings is 1. The molecule has 3 N–H and O–H groups in total. The summed E-state index contributed by atoms with van der Waals surface area (Å²) in [5, 5.41) is 15.8. The van der Waals surface area contributed by atoms with E-state index < -0.39 is 23.6 Å². The first-order valence-corrected chi connectivity index (χ1v) is 11.9. The van der Waals surface area contributed by atoms with Crippen molar-refractivity contribution >= 4 is 29.6 Å². The molecule has 1 aliphatic heterocycles. The van der Waals surface area contributed by atoms with Crippen LogP contribution < -0.4 is 10.6 Å². The summed E-state index contributed by atoms with van der Waals surface area (Å²) in [5.41, 5.74) is 4.26. The SMILES string of the molecule is Cc1ncsc1-c1ccc(C(C)NC(=O)C2CC(O)CN2C(=O)C(NC=O)C(C)(C)C)cc1. The Morgan fingerprint density at radius 2 is 1.94 bits per heavy atom. The minimum atomic E-state index is -0.799. The molecule has 178 valence electrons. The molecule has 1 fully saturated rings. The molecule has 4 unspecified atom stereocenters. The molecule has 1 aliphatic rings. The molecule has 0 aliphatic carbocycles. The van der Waals surface area contributed by atoms with E-state index in [1.807, 2.05) is 64.4 Å². The second kappa shape index (κ2) is 10.0. The average Bonchev–Trinajstić information content (AvgIpc) is 3.36. The Kier molecular flexibility index (Phi) is 7.54. The number of amides is 3. The molecular formula is C24H32N4O4S. The lowest BCUT2D eigenvalue weighted by atomic mass is 9.85. The van der Waals surface area contributed by atoms with Gasteiger partial charge >= 0.3 is 0 Å². The van der Waals surface area contributed by atoms with Gasteiger partial charge in [-0.25, -0.2) is 4.98 Å². The van der Waals surface area contributed by atoms with Crippen molar-refractivity contribution < 1.29 is 19.5 Å². The summed E-state index contributed by atoms with van der Waals surface area (Å²) in [6, 6.07) is 6.07. The number of likely N-dealkylation sites (tertiary alicyclic amines) is 1. The van der Waals surface area contributed by atoms with Crippen LogP contribution in [0.25, 0.3) is 10.4 Å². The monoisotopic (exact) mass is 472 g/mol. The molecule has 0 radical (unpaired) electrons. The Hall–Kier alpha value is -2.78. The van der Waals surface area contributed by atoms with Crippen molar-refractivity contribution in [2.24, 2.45) is 5.41 Å². The number of aryl methyl sites for hydroxylation is 1. The van der Waals surface area contributed by atoms with Gasteiger partial charge in [0.1, 0.15) is 12.1 Å². The van der Waals surface area contributed by atoms with Crippen molar-refractivity contribution in [3.05, 3.63) is 41.0 Å². The number of hydrogen-bond donors (Lipinski definition) is 3. The van der Waals surface area contributed by atoms with Crippen molar-refractivity contribution in [2.45, 2.75) is 65.3 Å².